The summed E-state index contributed by atoms with van der Waals surface area (Å²) in [5.41, 5.74) is -12.6. The summed E-state index contributed by atoms with van der Waals surface area (Å²) in [4.78, 5) is 27.2. The first kappa shape index (κ1) is 42.9. The average molecular weight is 769 g/mol. The summed E-state index contributed by atoms with van der Waals surface area (Å²) in [5, 5.41) is 10.2. The Morgan fingerprint density at radius 3 is 1.75 bits per heavy atom. The predicted octanol–water partition coefficient (Wildman–Crippen LogP) is 8.74. The molecule has 16 heteroatoms. The summed E-state index contributed by atoms with van der Waals surface area (Å²) < 4.78 is 155. The van der Waals surface area contributed by atoms with Gasteiger partial charge >= 0.3 is 30.5 Å². The van der Waals surface area contributed by atoms with Gasteiger partial charge in [-0.3, -0.25) is 9.59 Å². The molecule has 1 N–H and O–H groups in total. The number of carbonyl (C=O) groups excluding carboxylic acids is 2. The van der Waals surface area contributed by atoms with Crippen molar-refractivity contribution in [2.45, 2.75) is 161 Å². The minimum Gasteiger partial charge on any atom is -0.459 e. The van der Waals surface area contributed by atoms with Gasteiger partial charge in [-0.1, -0.05) is 6.92 Å². The highest BCUT2D eigenvalue weighted by molar-refractivity contribution is 5.80. The van der Waals surface area contributed by atoms with Crippen LogP contribution in [-0.4, -0.2) is 77.3 Å². The second kappa shape index (κ2) is 13.7. The fraction of sp³-hybridized carbons (Fsp3) is 0.944. The molecule has 0 amide bonds. The van der Waals surface area contributed by atoms with Gasteiger partial charge in [-0.15, -0.1) is 0 Å². The van der Waals surface area contributed by atoms with Crippen LogP contribution in [0.2, 0.25) is 0 Å². The topological polar surface area (TPSA) is 91.3 Å². The molecule has 2 aliphatic heterocycles. The van der Waals surface area contributed by atoms with Gasteiger partial charge in [0.2, 0.25) is 0 Å². The van der Waals surface area contributed by atoms with Gasteiger partial charge in [0.05, 0.1) is 18.3 Å². The lowest BCUT2D eigenvalue weighted by Gasteiger charge is -2.49. The molecule has 7 nitrogen and oxygen atoms in total. The molecular formula is C36H53F9O7. The first-order chi connectivity index (χ1) is 23.2. The molecule has 2 saturated carbocycles. The molecule has 0 spiro atoms. The summed E-state index contributed by atoms with van der Waals surface area (Å²) in [5.74, 6) is -7.26. The van der Waals surface area contributed by atoms with Crippen LogP contribution in [0, 0.1) is 46.3 Å². The lowest BCUT2D eigenvalue weighted by Crippen LogP contribution is -2.59. The Balaban J connectivity index is 1.73. The fourth-order valence-electron chi connectivity index (χ4n) is 9.13. The first-order valence-corrected chi connectivity index (χ1v) is 17.9. The van der Waals surface area contributed by atoms with Crippen LogP contribution in [-0.2, 0) is 28.5 Å². The number of aliphatic hydroxyl groups is 1. The monoisotopic (exact) mass is 768 g/mol. The summed E-state index contributed by atoms with van der Waals surface area (Å²) in [6.45, 7) is 10.6. The Hall–Kier alpha value is -1.81. The highest BCUT2D eigenvalue weighted by Crippen LogP contribution is 2.62. The van der Waals surface area contributed by atoms with Crippen molar-refractivity contribution in [3.63, 3.8) is 0 Å². The van der Waals surface area contributed by atoms with E-state index in [1.165, 1.54) is 41.5 Å². The van der Waals surface area contributed by atoms with Gasteiger partial charge < -0.3 is 24.1 Å². The van der Waals surface area contributed by atoms with Gasteiger partial charge in [-0.2, -0.15) is 39.5 Å². The van der Waals surface area contributed by atoms with E-state index in [4.69, 9.17) is 18.9 Å². The molecule has 12 atom stereocenters. The van der Waals surface area contributed by atoms with Crippen LogP contribution in [0.1, 0.15) is 107 Å². The molecule has 0 radical (unpaired) electrons. The van der Waals surface area contributed by atoms with Crippen LogP contribution in [0.15, 0.2) is 0 Å². The Morgan fingerprint density at radius 1 is 0.692 bits per heavy atom. The zero-order valence-corrected chi connectivity index (χ0v) is 31.2. The predicted molar refractivity (Wildman–Crippen MR) is 168 cm³/mol. The lowest BCUT2D eigenvalue weighted by molar-refractivity contribution is -0.278. The highest BCUT2D eigenvalue weighted by Gasteiger charge is 2.71. The van der Waals surface area contributed by atoms with Gasteiger partial charge in [-0.25, -0.2) is 0 Å². The van der Waals surface area contributed by atoms with E-state index in [1.807, 2.05) is 0 Å². The Labute approximate surface area is 299 Å². The van der Waals surface area contributed by atoms with Gasteiger partial charge in [-0.05, 0) is 130 Å². The molecular weight excluding hydrogens is 715 g/mol. The maximum Gasteiger partial charge on any atom is 0.416 e. The van der Waals surface area contributed by atoms with Crippen molar-refractivity contribution in [3.8, 4) is 0 Å². The third-order valence-corrected chi connectivity index (χ3v) is 11.8. The minimum absolute atomic E-state index is 0.0637. The fourth-order valence-corrected chi connectivity index (χ4v) is 9.13. The molecule has 2 aliphatic carbocycles. The van der Waals surface area contributed by atoms with Crippen LogP contribution < -0.4 is 0 Å². The van der Waals surface area contributed by atoms with Crippen molar-refractivity contribution in [1.29, 1.82) is 0 Å². The van der Waals surface area contributed by atoms with E-state index in [-0.39, 0.29) is 11.8 Å². The number of hydrogen-bond acceptors (Lipinski definition) is 7. The number of halogens is 9. The van der Waals surface area contributed by atoms with Gasteiger partial charge in [0, 0.05) is 12.5 Å². The zero-order chi connectivity index (χ0) is 39.8. The molecule has 12 unspecified atom stereocenters. The Morgan fingerprint density at radius 2 is 1.25 bits per heavy atom. The number of rotatable bonds is 9. The lowest BCUT2D eigenvalue weighted by atomic mass is 9.63. The smallest absolute Gasteiger partial charge is 0.416 e. The Bertz CT molecular complexity index is 1320. The van der Waals surface area contributed by atoms with E-state index < -0.39 is 132 Å². The van der Waals surface area contributed by atoms with Crippen molar-refractivity contribution in [2.24, 2.45) is 46.3 Å². The van der Waals surface area contributed by atoms with E-state index in [1.54, 1.807) is 6.92 Å². The number of esters is 2. The van der Waals surface area contributed by atoms with Crippen LogP contribution in [0.25, 0.3) is 0 Å². The maximum absolute atomic E-state index is 15.9. The number of hydrogen-bond donors (Lipinski definition) is 1. The molecule has 2 bridgehead atoms. The van der Waals surface area contributed by atoms with Crippen LogP contribution in [0.3, 0.4) is 0 Å². The Kier molecular flexibility index (Phi) is 11.3. The normalized spacial score (nSPS) is 34.9. The van der Waals surface area contributed by atoms with E-state index in [9.17, 15) is 41.0 Å². The number of alkyl halides is 9. The second-order valence-electron chi connectivity index (χ2n) is 18.2. The van der Waals surface area contributed by atoms with Crippen molar-refractivity contribution in [1.82, 2.24) is 0 Å². The van der Waals surface area contributed by atoms with E-state index in [2.05, 4.69) is 0 Å². The number of carbonyl (C=O) groups is 2. The maximum atomic E-state index is 15.9. The molecule has 52 heavy (non-hydrogen) atoms. The SMILES string of the molecule is CC1CC2C3CC(CC(C)(O)C(F)(F)F)C(C3)C2OC1CC(C(=O)OC(C)(C)C)(C1CCOC1CC(C)(C(=O)OC(C)(C)C)C(F)(F)F)C(F)(F)F. The molecule has 4 aliphatic rings. The number of ether oxygens (including phenoxy) is 4. The van der Waals surface area contributed by atoms with E-state index >= 15 is 13.2 Å². The van der Waals surface area contributed by atoms with Gasteiger partial charge in [0.25, 0.3) is 0 Å². The van der Waals surface area contributed by atoms with Gasteiger partial charge in [0.1, 0.15) is 11.2 Å². The van der Waals surface area contributed by atoms with E-state index in [0.29, 0.717) is 33.1 Å². The average Bonchev–Trinajstić information content (AvgIpc) is 3.63. The quantitative estimate of drug-likeness (QED) is 0.185. The summed E-state index contributed by atoms with van der Waals surface area (Å²) >= 11 is 0. The zero-order valence-electron chi connectivity index (χ0n) is 31.2. The van der Waals surface area contributed by atoms with Crippen molar-refractivity contribution in [2.75, 3.05) is 6.61 Å². The summed E-state index contributed by atoms with van der Waals surface area (Å²) in [7, 11) is 0. The van der Waals surface area contributed by atoms with Gasteiger partial charge in [0.15, 0.2) is 16.4 Å². The molecule has 2 saturated heterocycles. The largest absolute Gasteiger partial charge is 0.459 e. The van der Waals surface area contributed by atoms with Crippen molar-refractivity contribution < 1.29 is 73.2 Å². The molecule has 302 valence electrons. The molecule has 0 aromatic carbocycles. The van der Waals surface area contributed by atoms with E-state index in [0.717, 1.165) is 0 Å². The minimum atomic E-state index is -5.41. The standard InChI is InChI=1S/C36H53F9O7/c1-18-12-21-19-13-20(15-32(9,48)35(40,41)42)22(14-19)26(21)50-24(18)17-33(36(43,44)45,28(47)52-30(5,6)7)23-10-11-49-25(23)16-31(8,34(37,38)39)27(46)51-29(2,3)4/h18-26,48H,10-17H2,1-9H3. The molecule has 0 aromatic heterocycles. The van der Waals surface area contributed by atoms with Crippen LogP contribution >= 0.6 is 0 Å². The molecule has 0 aromatic rings. The molecule has 4 fully saturated rings. The highest BCUT2D eigenvalue weighted by atomic mass is 19.4. The molecule has 2 heterocycles. The summed E-state index contributed by atoms with van der Waals surface area (Å²) in [6, 6.07) is 0. The second-order valence-corrected chi connectivity index (χ2v) is 18.2. The number of fused-ring (bicyclic) bond motifs is 5. The summed E-state index contributed by atoms with van der Waals surface area (Å²) in [6.07, 6.45) is -21.7. The van der Waals surface area contributed by atoms with Crippen molar-refractivity contribution in [3.05, 3.63) is 0 Å². The van der Waals surface area contributed by atoms with Crippen molar-refractivity contribution >= 4 is 11.9 Å². The first-order valence-electron chi connectivity index (χ1n) is 17.9. The van der Waals surface area contributed by atoms with Crippen LogP contribution in [0.4, 0.5) is 39.5 Å². The third-order valence-electron chi connectivity index (χ3n) is 11.8. The van der Waals surface area contributed by atoms with Crippen LogP contribution in [0.5, 0.6) is 0 Å². The third kappa shape index (κ3) is 8.23. The molecule has 4 rings (SSSR count).